The summed E-state index contributed by atoms with van der Waals surface area (Å²) in [6.45, 7) is 2.67. The quantitative estimate of drug-likeness (QED) is 0.909. The molecule has 0 unspecified atom stereocenters. The summed E-state index contributed by atoms with van der Waals surface area (Å²) in [6, 6.07) is 8.95. The van der Waals surface area contributed by atoms with Crippen LogP contribution in [0, 0.1) is 0 Å². The first-order chi connectivity index (χ1) is 9.13. The SMILES string of the molecule is CCn1cc(Br)cc1C(=O)Nc1cccc(CO)c1. The highest BCUT2D eigenvalue weighted by atomic mass is 79.9. The van der Waals surface area contributed by atoms with E-state index in [1.165, 1.54) is 0 Å². The Kier molecular flexibility index (Phi) is 4.39. The molecule has 0 aliphatic heterocycles. The molecular formula is C14H15BrN2O2. The Hall–Kier alpha value is -1.59. The normalized spacial score (nSPS) is 10.5. The molecule has 2 rings (SSSR count). The van der Waals surface area contributed by atoms with Crippen molar-refractivity contribution in [3.05, 3.63) is 52.3 Å². The van der Waals surface area contributed by atoms with E-state index in [0.29, 0.717) is 11.4 Å². The number of nitrogens with zero attached hydrogens (tertiary/aromatic N) is 1. The van der Waals surface area contributed by atoms with E-state index in [2.05, 4.69) is 21.2 Å². The maximum absolute atomic E-state index is 12.2. The van der Waals surface area contributed by atoms with Gasteiger partial charge in [-0.05, 0) is 46.6 Å². The predicted molar refractivity (Wildman–Crippen MR) is 78.1 cm³/mol. The summed E-state index contributed by atoms with van der Waals surface area (Å²) in [4.78, 5) is 12.2. The third kappa shape index (κ3) is 3.24. The lowest BCUT2D eigenvalue weighted by Crippen LogP contribution is -2.16. The molecule has 5 heteroatoms. The minimum Gasteiger partial charge on any atom is -0.392 e. The van der Waals surface area contributed by atoms with E-state index in [1.54, 1.807) is 30.3 Å². The third-order valence-corrected chi connectivity index (χ3v) is 3.24. The zero-order chi connectivity index (χ0) is 13.8. The highest BCUT2D eigenvalue weighted by Gasteiger charge is 2.12. The van der Waals surface area contributed by atoms with Gasteiger partial charge in [0.1, 0.15) is 5.69 Å². The lowest BCUT2D eigenvalue weighted by Gasteiger charge is -2.08. The van der Waals surface area contributed by atoms with E-state index >= 15 is 0 Å². The van der Waals surface area contributed by atoms with Crippen LogP contribution in [-0.4, -0.2) is 15.6 Å². The second-order valence-electron chi connectivity index (χ2n) is 4.14. The number of carbonyl (C=O) groups excluding carboxylic acids is 1. The largest absolute Gasteiger partial charge is 0.392 e. The zero-order valence-electron chi connectivity index (χ0n) is 10.6. The molecule has 1 aromatic heterocycles. The highest BCUT2D eigenvalue weighted by Crippen LogP contribution is 2.17. The summed E-state index contributed by atoms with van der Waals surface area (Å²) in [5, 5.41) is 11.9. The van der Waals surface area contributed by atoms with Crippen LogP contribution < -0.4 is 5.32 Å². The van der Waals surface area contributed by atoms with Gasteiger partial charge in [0.25, 0.3) is 5.91 Å². The number of aromatic nitrogens is 1. The van der Waals surface area contributed by atoms with E-state index in [9.17, 15) is 4.79 Å². The summed E-state index contributed by atoms with van der Waals surface area (Å²) in [5.74, 6) is -0.164. The number of aliphatic hydroxyl groups is 1. The number of hydrogen-bond donors (Lipinski definition) is 2. The summed E-state index contributed by atoms with van der Waals surface area (Å²) in [7, 11) is 0. The Morgan fingerprint density at radius 2 is 2.21 bits per heavy atom. The minimum atomic E-state index is -0.164. The number of amides is 1. The number of aryl methyl sites for hydroxylation is 1. The number of hydrogen-bond acceptors (Lipinski definition) is 2. The molecule has 100 valence electrons. The second-order valence-corrected chi connectivity index (χ2v) is 5.06. The lowest BCUT2D eigenvalue weighted by molar-refractivity contribution is 0.101. The molecule has 19 heavy (non-hydrogen) atoms. The van der Waals surface area contributed by atoms with Crippen LogP contribution in [-0.2, 0) is 13.2 Å². The van der Waals surface area contributed by atoms with E-state index in [0.717, 1.165) is 16.6 Å². The van der Waals surface area contributed by atoms with E-state index in [4.69, 9.17) is 5.11 Å². The summed E-state index contributed by atoms with van der Waals surface area (Å²) in [6.07, 6.45) is 1.87. The van der Waals surface area contributed by atoms with Crippen molar-refractivity contribution in [3.63, 3.8) is 0 Å². The molecule has 2 N–H and O–H groups in total. The van der Waals surface area contributed by atoms with Crippen LogP contribution >= 0.6 is 15.9 Å². The summed E-state index contributed by atoms with van der Waals surface area (Å²) in [5.41, 5.74) is 2.05. The molecule has 0 spiro atoms. The standard InChI is InChI=1S/C14H15BrN2O2/c1-2-17-8-11(15)7-13(17)14(19)16-12-5-3-4-10(6-12)9-18/h3-8,18H,2,9H2,1H3,(H,16,19). The smallest absolute Gasteiger partial charge is 0.272 e. The van der Waals surface area contributed by atoms with Crippen molar-refractivity contribution in [1.29, 1.82) is 0 Å². The van der Waals surface area contributed by atoms with Crippen molar-refractivity contribution in [2.24, 2.45) is 0 Å². The van der Waals surface area contributed by atoms with Crippen LogP contribution in [0.1, 0.15) is 23.0 Å². The molecule has 0 saturated carbocycles. The molecule has 0 radical (unpaired) electrons. The average molecular weight is 323 g/mol. The fourth-order valence-electron chi connectivity index (χ4n) is 1.87. The van der Waals surface area contributed by atoms with Gasteiger partial charge < -0.3 is 15.0 Å². The first kappa shape index (κ1) is 13.8. The number of halogens is 1. The molecule has 1 aromatic carbocycles. The van der Waals surface area contributed by atoms with Crippen LogP contribution in [0.4, 0.5) is 5.69 Å². The van der Waals surface area contributed by atoms with E-state index in [1.807, 2.05) is 17.7 Å². The summed E-state index contributed by atoms with van der Waals surface area (Å²) >= 11 is 3.37. The van der Waals surface area contributed by atoms with Gasteiger partial charge in [-0.15, -0.1) is 0 Å². The maximum atomic E-state index is 12.2. The zero-order valence-corrected chi connectivity index (χ0v) is 12.1. The number of carbonyl (C=O) groups is 1. The molecule has 4 nitrogen and oxygen atoms in total. The topological polar surface area (TPSA) is 54.3 Å². The average Bonchev–Trinajstić information content (AvgIpc) is 2.80. The Morgan fingerprint density at radius 3 is 2.89 bits per heavy atom. The van der Waals surface area contributed by atoms with Crippen molar-refractivity contribution in [3.8, 4) is 0 Å². The maximum Gasteiger partial charge on any atom is 0.272 e. The Bertz CT molecular complexity index is 593. The molecule has 0 aliphatic rings. The van der Waals surface area contributed by atoms with Gasteiger partial charge in [0, 0.05) is 22.9 Å². The van der Waals surface area contributed by atoms with Crippen LogP contribution in [0.2, 0.25) is 0 Å². The van der Waals surface area contributed by atoms with Crippen molar-refractivity contribution in [2.75, 3.05) is 5.32 Å². The number of aliphatic hydroxyl groups excluding tert-OH is 1. The fourth-order valence-corrected chi connectivity index (χ4v) is 2.33. The van der Waals surface area contributed by atoms with Gasteiger partial charge >= 0.3 is 0 Å². The van der Waals surface area contributed by atoms with Crippen LogP contribution in [0.25, 0.3) is 0 Å². The van der Waals surface area contributed by atoms with E-state index in [-0.39, 0.29) is 12.5 Å². The third-order valence-electron chi connectivity index (χ3n) is 2.80. The molecule has 0 atom stereocenters. The van der Waals surface area contributed by atoms with Crippen molar-refractivity contribution >= 4 is 27.5 Å². The lowest BCUT2D eigenvalue weighted by atomic mass is 10.2. The minimum absolute atomic E-state index is 0.0411. The monoisotopic (exact) mass is 322 g/mol. The Morgan fingerprint density at radius 1 is 1.42 bits per heavy atom. The molecular weight excluding hydrogens is 308 g/mol. The van der Waals surface area contributed by atoms with Gasteiger partial charge in [0.15, 0.2) is 0 Å². The van der Waals surface area contributed by atoms with Gasteiger partial charge in [-0.25, -0.2) is 0 Å². The van der Waals surface area contributed by atoms with Crippen LogP contribution in [0.15, 0.2) is 41.0 Å². The number of nitrogens with one attached hydrogen (secondary N) is 1. The number of benzene rings is 1. The predicted octanol–water partition coefficient (Wildman–Crippen LogP) is 3.02. The van der Waals surface area contributed by atoms with Gasteiger partial charge in [-0.3, -0.25) is 4.79 Å². The highest BCUT2D eigenvalue weighted by molar-refractivity contribution is 9.10. The van der Waals surface area contributed by atoms with Crippen molar-refractivity contribution in [2.45, 2.75) is 20.1 Å². The first-order valence-corrected chi connectivity index (χ1v) is 6.80. The van der Waals surface area contributed by atoms with Gasteiger partial charge in [0.05, 0.1) is 6.61 Å². The molecule has 1 heterocycles. The van der Waals surface area contributed by atoms with Crippen molar-refractivity contribution < 1.29 is 9.90 Å². The molecule has 2 aromatic rings. The van der Waals surface area contributed by atoms with Gasteiger partial charge in [-0.1, -0.05) is 12.1 Å². The molecule has 0 bridgehead atoms. The number of rotatable bonds is 4. The second kappa shape index (κ2) is 6.04. The van der Waals surface area contributed by atoms with Crippen LogP contribution in [0.5, 0.6) is 0 Å². The molecule has 1 amide bonds. The molecule has 0 aliphatic carbocycles. The number of anilines is 1. The van der Waals surface area contributed by atoms with Gasteiger partial charge in [-0.2, -0.15) is 0 Å². The van der Waals surface area contributed by atoms with Crippen LogP contribution in [0.3, 0.4) is 0 Å². The fraction of sp³-hybridized carbons (Fsp3) is 0.214. The van der Waals surface area contributed by atoms with Gasteiger partial charge in [0.2, 0.25) is 0 Å². The first-order valence-electron chi connectivity index (χ1n) is 6.01. The van der Waals surface area contributed by atoms with Crippen molar-refractivity contribution in [1.82, 2.24) is 4.57 Å². The summed E-state index contributed by atoms with van der Waals surface area (Å²) < 4.78 is 2.75. The van der Waals surface area contributed by atoms with E-state index < -0.39 is 0 Å². The Balaban J connectivity index is 2.20. The molecule has 0 saturated heterocycles. The molecule has 0 fully saturated rings. The Labute approximate surface area is 120 Å².